The Balaban J connectivity index is 0.825. The summed E-state index contributed by atoms with van der Waals surface area (Å²) in [5, 5.41) is 13.4. The van der Waals surface area contributed by atoms with Crippen molar-refractivity contribution in [3.63, 3.8) is 0 Å². The first-order chi connectivity index (χ1) is 40.6. The van der Waals surface area contributed by atoms with Crippen LogP contribution in [0.25, 0.3) is 11.2 Å². The molecule has 2 unspecified atom stereocenters. The molecule has 5 heterocycles. The van der Waals surface area contributed by atoms with Gasteiger partial charge in [0.25, 0.3) is 26.1 Å². The Labute approximate surface area is 499 Å². The fourth-order valence-corrected chi connectivity index (χ4v) is 14.3. The van der Waals surface area contributed by atoms with Gasteiger partial charge in [0.05, 0.1) is 46.4 Å². The molecule has 3 aliphatic heterocycles. The van der Waals surface area contributed by atoms with Gasteiger partial charge in [-0.25, -0.2) is 23.5 Å². The molecule has 1 saturated heterocycles. The lowest BCUT2D eigenvalue weighted by atomic mass is 9.81. The minimum Gasteiger partial charge on any atom is -0.401 e. The Morgan fingerprint density at radius 2 is 1.55 bits per heavy atom. The zero-order valence-corrected chi connectivity index (χ0v) is 51.4. The van der Waals surface area contributed by atoms with Crippen molar-refractivity contribution in [2.75, 3.05) is 36.9 Å². The number of allylic oxidation sites excluding steroid dienone is 6. The number of carbonyl (C=O) groups excluding carboxylic acids is 2. The number of fused-ring (bicyclic) bond motifs is 3. The number of aliphatic hydroxyl groups is 1. The molecule has 5 aromatic rings. The molecule has 0 spiro atoms. The third kappa shape index (κ3) is 15.8. The first kappa shape index (κ1) is 66.3. The molecule has 0 saturated carbocycles. The van der Waals surface area contributed by atoms with Gasteiger partial charge in [-0.3, -0.25) is 23.0 Å². The number of hydrogen-bond donors (Lipinski definition) is 9. The number of unbranched alkanes of at least 4 members (excludes halogenated alkanes) is 2. The van der Waals surface area contributed by atoms with Gasteiger partial charge in [0.2, 0.25) is 17.5 Å². The van der Waals surface area contributed by atoms with E-state index in [1.807, 2.05) is 65.0 Å². The van der Waals surface area contributed by atoms with Gasteiger partial charge in [-0.1, -0.05) is 43.9 Å². The average Bonchev–Trinajstić information content (AvgIpc) is 1.65. The highest BCUT2D eigenvalue weighted by Crippen LogP contribution is 2.66. The molecule has 0 bridgehead atoms. The van der Waals surface area contributed by atoms with E-state index in [9.17, 15) is 64.1 Å². The van der Waals surface area contributed by atoms with E-state index < -0.39 is 85.5 Å². The molecule has 29 nitrogen and oxygen atoms in total. The Kier molecular flexibility index (Phi) is 19.7. The molecule has 0 radical (unpaired) electrons. The highest BCUT2D eigenvalue weighted by molar-refractivity contribution is 7.86. The zero-order chi connectivity index (χ0) is 63.7. The van der Waals surface area contributed by atoms with Crippen LogP contribution in [0.1, 0.15) is 100.0 Å². The van der Waals surface area contributed by atoms with Crippen molar-refractivity contribution in [1.29, 1.82) is 0 Å². The zero-order valence-electron chi connectivity index (χ0n) is 47.1. The Morgan fingerprint density at radius 3 is 2.22 bits per heavy atom. The van der Waals surface area contributed by atoms with Gasteiger partial charge in [0, 0.05) is 65.9 Å². The summed E-state index contributed by atoms with van der Waals surface area (Å²) in [6.45, 7) is 10.1. The van der Waals surface area contributed by atoms with E-state index in [1.54, 1.807) is 24.3 Å². The molecule has 0 aliphatic carbocycles. The summed E-state index contributed by atoms with van der Waals surface area (Å²) in [7, 11) is -25.8. The number of imidazole rings is 1. The smallest absolute Gasteiger partial charge is 0.401 e. The Hall–Kier alpha value is -6.65. The van der Waals surface area contributed by atoms with Crippen molar-refractivity contribution in [3.05, 3.63) is 125 Å². The van der Waals surface area contributed by atoms with Crippen molar-refractivity contribution < 1.29 is 101 Å². The topological polar surface area (TPSA) is 429 Å². The number of hydrogen-bond acceptors (Lipinski definition) is 20. The summed E-state index contributed by atoms with van der Waals surface area (Å²) < 4.78 is 129. The van der Waals surface area contributed by atoms with Crippen molar-refractivity contribution in [2.24, 2.45) is 0 Å². The van der Waals surface area contributed by atoms with Gasteiger partial charge in [-0.15, -0.1) is 0 Å². The SMILES string of the molecule is CCN1/C(=C/C=C/C=C/C2=[N+](CCCCCC(=O)NCC#Cc3ccc(C(=O)Oc4nc(N)nc5c4ncn5[C@@H]4C[C@H](O)[C@@H](COP(=O)(O)OP(=O)(O)OP(=O)(O)O)O4)cc3)c3ccc(S(=O)(=O)O)cc3C2(C)C)C(C)(C)c2cc(S(=O)(=O)O)ccc21. The van der Waals surface area contributed by atoms with Crippen LogP contribution >= 0.6 is 23.5 Å². The lowest BCUT2D eigenvalue weighted by Crippen LogP contribution is -2.28. The molecule has 2 aromatic heterocycles. The number of nitrogens with one attached hydrogen (secondary N) is 1. The van der Waals surface area contributed by atoms with Crippen LogP contribution in [0.15, 0.2) is 113 Å². The first-order valence-electron chi connectivity index (χ1n) is 26.5. The predicted octanol–water partition coefficient (Wildman–Crippen LogP) is 6.03. The summed E-state index contributed by atoms with van der Waals surface area (Å²) in [6, 6.07) is 15.1. The first-order valence-corrected chi connectivity index (χ1v) is 33.9. The molecule has 466 valence electrons. The summed E-state index contributed by atoms with van der Waals surface area (Å²) in [5.74, 6) is 4.03. The fraction of sp³-hybridized carbons (Fsp3) is 0.358. The van der Waals surface area contributed by atoms with Crippen molar-refractivity contribution in [2.45, 2.75) is 106 Å². The van der Waals surface area contributed by atoms with Gasteiger partial charge in [-0.2, -0.15) is 40.0 Å². The number of anilines is 2. The Morgan fingerprint density at radius 1 is 0.874 bits per heavy atom. The minimum atomic E-state index is -5.79. The number of nitrogens with zero attached hydrogens (tertiary/aromatic N) is 6. The van der Waals surface area contributed by atoms with Gasteiger partial charge < -0.3 is 50.1 Å². The molecule has 8 rings (SSSR count). The summed E-state index contributed by atoms with van der Waals surface area (Å²) >= 11 is 0. The summed E-state index contributed by atoms with van der Waals surface area (Å²) in [4.78, 5) is 76.8. The van der Waals surface area contributed by atoms with Crippen LogP contribution < -0.4 is 20.7 Å². The van der Waals surface area contributed by atoms with Crippen LogP contribution in [-0.4, -0.2) is 131 Å². The summed E-state index contributed by atoms with van der Waals surface area (Å²) in [6.07, 6.45) is 8.82. The number of nitrogen functional groups attached to an aromatic ring is 1. The maximum atomic E-state index is 13.3. The van der Waals surface area contributed by atoms with Crippen LogP contribution in [0, 0.1) is 11.8 Å². The number of esters is 1. The number of benzene rings is 3. The molecule has 10 N–H and O–H groups in total. The molecular weight excluding hydrogens is 1240 g/mol. The largest absolute Gasteiger partial charge is 0.490 e. The molecule has 34 heteroatoms. The molecule has 87 heavy (non-hydrogen) atoms. The van der Waals surface area contributed by atoms with Gasteiger partial charge >= 0.3 is 29.4 Å². The number of aromatic nitrogens is 4. The van der Waals surface area contributed by atoms with E-state index in [4.69, 9.17) is 25.0 Å². The second-order valence-electron chi connectivity index (χ2n) is 21.0. The van der Waals surface area contributed by atoms with Crippen LogP contribution in [-0.2, 0) is 67.4 Å². The highest BCUT2D eigenvalue weighted by atomic mass is 32.2. The van der Waals surface area contributed by atoms with E-state index >= 15 is 0 Å². The third-order valence-corrected chi connectivity index (χ3v) is 19.8. The lowest BCUT2D eigenvalue weighted by molar-refractivity contribution is -0.438. The normalized spacial score (nSPS) is 20.2. The van der Waals surface area contributed by atoms with E-state index in [0.29, 0.717) is 43.5 Å². The van der Waals surface area contributed by atoms with E-state index in [0.717, 1.165) is 28.3 Å². The van der Waals surface area contributed by atoms with Crippen molar-refractivity contribution >= 4 is 89.8 Å². The predicted molar refractivity (Wildman–Crippen MR) is 312 cm³/mol. The summed E-state index contributed by atoms with van der Waals surface area (Å²) in [5.41, 5.74) is 10.1. The maximum Gasteiger partial charge on any atom is 0.490 e. The minimum absolute atomic E-state index is 0.0184. The van der Waals surface area contributed by atoms with E-state index in [-0.39, 0.29) is 63.6 Å². The number of phosphoric ester groups is 1. The molecular formula is C53H62N8O21P3S2+. The number of carbonyl (C=O) groups is 2. The fourth-order valence-electron chi connectivity index (χ4n) is 10.2. The number of amides is 1. The van der Waals surface area contributed by atoms with E-state index in [2.05, 4.69) is 54.7 Å². The number of aliphatic hydroxyl groups excluding tert-OH is 1. The highest BCUT2D eigenvalue weighted by Gasteiger charge is 2.46. The van der Waals surface area contributed by atoms with Crippen LogP contribution in [0.4, 0.5) is 17.3 Å². The molecule has 3 aliphatic rings. The number of ether oxygens (including phenoxy) is 2. The average molecular weight is 1300 g/mol. The molecule has 1 amide bonds. The van der Waals surface area contributed by atoms with Gasteiger partial charge in [-0.05, 0) is 99.8 Å². The van der Waals surface area contributed by atoms with Crippen molar-refractivity contribution in [3.8, 4) is 17.7 Å². The number of likely N-dealkylation sites (N-methyl/N-ethyl adjacent to an activating group) is 1. The second-order valence-corrected chi connectivity index (χ2v) is 28.3. The molecule has 3 aromatic carbocycles. The quantitative estimate of drug-likeness (QED) is 0.00685. The lowest BCUT2D eigenvalue weighted by Gasteiger charge is -2.25. The van der Waals surface area contributed by atoms with E-state index in [1.165, 1.54) is 47.3 Å². The molecule has 5 atom stereocenters. The van der Waals surface area contributed by atoms with Crippen LogP contribution in [0.5, 0.6) is 5.88 Å². The third-order valence-electron chi connectivity index (χ3n) is 14.3. The monoisotopic (exact) mass is 1300 g/mol. The van der Waals surface area contributed by atoms with Crippen molar-refractivity contribution in [1.82, 2.24) is 24.8 Å². The second kappa shape index (κ2) is 25.8. The molecule has 1 fully saturated rings. The van der Waals surface area contributed by atoms with Crippen LogP contribution in [0.3, 0.4) is 0 Å². The standard InChI is InChI=1S/C53H61N8O21P3S2/c1-6-59-39-24-22-35(86(72,73)74)28-37(39)52(2,3)43(59)15-9-7-10-16-44-53(4,5)38-29-36(87(75,76)77)23-25-40(38)60(44)27-12-8-11-17-45(63)55-26-13-14-33-18-20-34(21-19-33)50(64)80-49-47-48(57-51(54)58-49)61(32-56-47)46-30-41(62)42(79-46)31-78-84(68,69)82-85(70,71)81-83(65,66)67/h7,9-10,15-16,18-25,28-29,32,41-42,46,62H,6,8,11-12,17,26-27,30-31H2,1-5H3,(H8-,54,55,57,58,63,65,66,67,68,69,70,71,72,73,74,75,76,77)/p+1/t41-,42+,46-/m0/s1. The Bertz CT molecular complexity index is 4120. The number of phosphoric acid groups is 3. The van der Waals surface area contributed by atoms with Crippen LogP contribution in [0.2, 0.25) is 0 Å². The number of nitrogens with two attached hydrogens (primary N) is 1. The van der Waals surface area contributed by atoms with Gasteiger partial charge in [0.15, 0.2) is 16.9 Å². The maximum absolute atomic E-state index is 13.3. The van der Waals surface area contributed by atoms with Gasteiger partial charge in [0.1, 0.15) is 18.9 Å². The number of rotatable bonds is 23.